The molecule has 9 nitrogen and oxygen atoms in total. The van der Waals surface area contributed by atoms with Crippen LogP contribution in [0.2, 0.25) is 0 Å². The van der Waals surface area contributed by atoms with Crippen LogP contribution in [0.5, 0.6) is 5.75 Å². The molecule has 0 aliphatic carbocycles. The Morgan fingerprint density at radius 2 is 1.70 bits per heavy atom. The summed E-state index contributed by atoms with van der Waals surface area (Å²) in [5, 5.41) is 14.7. The van der Waals surface area contributed by atoms with Crippen molar-refractivity contribution in [1.29, 1.82) is 0 Å². The number of ether oxygens (including phenoxy) is 1. The fourth-order valence-corrected chi connectivity index (χ4v) is 4.52. The van der Waals surface area contributed by atoms with Gasteiger partial charge >= 0.3 is 18.4 Å². The molecule has 0 bridgehead atoms. The lowest BCUT2D eigenvalue weighted by molar-refractivity contribution is -0.142. The fraction of sp³-hybridized carbons (Fsp3) is 0.483. The number of rotatable bonds is 8. The van der Waals surface area contributed by atoms with Gasteiger partial charge in [0.05, 0.1) is 37.6 Å². The first kappa shape index (κ1) is 34.5. The summed E-state index contributed by atoms with van der Waals surface area (Å²) in [6.45, 7) is 3.24. The first-order valence-corrected chi connectivity index (χ1v) is 13.7. The van der Waals surface area contributed by atoms with Crippen LogP contribution in [0, 0.1) is 5.92 Å². The van der Waals surface area contributed by atoms with Gasteiger partial charge in [0.2, 0.25) is 11.8 Å². The van der Waals surface area contributed by atoms with E-state index in [0.717, 1.165) is 24.3 Å². The number of likely N-dealkylation sites (N-methyl/N-ethyl adjacent to an activating group) is 1. The van der Waals surface area contributed by atoms with E-state index in [-0.39, 0.29) is 55.1 Å². The molecule has 4 amide bonds. The maximum atomic E-state index is 13.3. The predicted molar refractivity (Wildman–Crippen MR) is 149 cm³/mol. The number of fused-ring (bicyclic) bond motifs is 1. The van der Waals surface area contributed by atoms with Gasteiger partial charge in [0.15, 0.2) is 0 Å². The third kappa shape index (κ3) is 9.76. The topological polar surface area (TPSA) is 111 Å². The second-order valence-corrected chi connectivity index (χ2v) is 10.8. The summed E-state index contributed by atoms with van der Waals surface area (Å²) < 4.78 is 82.5. The van der Waals surface area contributed by atoms with Crippen LogP contribution in [0.25, 0.3) is 0 Å². The van der Waals surface area contributed by atoms with Crippen LogP contribution >= 0.6 is 0 Å². The van der Waals surface area contributed by atoms with Crippen LogP contribution in [0.15, 0.2) is 42.5 Å². The molecule has 0 unspecified atom stereocenters. The zero-order valence-electron chi connectivity index (χ0n) is 24.3. The SMILES string of the molecule is C[C@H](CO)N1C[C@H](C)[C@@H](CN(C)C(=O)Nc2ccc(C(F)(F)F)cc2)Oc2ccc(NC(=O)CCC(F)(F)F)cc2CC1=O. The van der Waals surface area contributed by atoms with E-state index < -0.39 is 54.8 Å². The Labute approximate surface area is 250 Å². The first-order chi connectivity index (χ1) is 20.5. The number of alkyl halides is 6. The number of aliphatic hydroxyl groups excluding tert-OH is 1. The molecule has 3 rings (SSSR count). The third-order valence-electron chi connectivity index (χ3n) is 7.10. The Balaban J connectivity index is 1.82. The molecule has 1 heterocycles. The van der Waals surface area contributed by atoms with Crippen LogP contribution in [0.3, 0.4) is 0 Å². The van der Waals surface area contributed by atoms with E-state index in [1.807, 2.05) is 0 Å². The summed E-state index contributed by atoms with van der Waals surface area (Å²) in [4.78, 5) is 41.0. The molecule has 1 aliphatic rings. The van der Waals surface area contributed by atoms with Crippen LogP contribution < -0.4 is 15.4 Å². The molecule has 0 aromatic heterocycles. The Hall–Kier alpha value is -4.01. The van der Waals surface area contributed by atoms with Gasteiger partial charge < -0.3 is 30.3 Å². The minimum Gasteiger partial charge on any atom is -0.488 e. The number of carbonyl (C=O) groups is 3. The second kappa shape index (κ2) is 14.2. The van der Waals surface area contributed by atoms with Gasteiger partial charge in [-0.05, 0) is 49.4 Å². The molecule has 0 saturated carbocycles. The molecule has 0 saturated heterocycles. The summed E-state index contributed by atoms with van der Waals surface area (Å²) >= 11 is 0. The lowest BCUT2D eigenvalue weighted by Gasteiger charge is -2.34. The smallest absolute Gasteiger partial charge is 0.416 e. The van der Waals surface area contributed by atoms with E-state index in [9.17, 15) is 45.8 Å². The largest absolute Gasteiger partial charge is 0.488 e. The number of amides is 4. The van der Waals surface area contributed by atoms with Gasteiger partial charge in [0, 0.05) is 42.9 Å². The van der Waals surface area contributed by atoms with Crippen molar-refractivity contribution in [3.63, 3.8) is 0 Å². The molecule has 44 heavy (non-hydrogen) atoms. The number of benzene rings is 2. The minimum atomic E-state index is -4.53. The van der Waals surface area contributed by atoms with Crippen LogP contribution in [0.1, 0.15) is 37.8 Å². The van der Waals surface area contributed by atoms with Gasteiger partial charge in [-0.1, -0.05) is 6.92 Å². The van der Waals surface area contributed by atoms with Gasteiger partial charge in [-0.25, -0.2) is 4.79 Å². The quantitative estimate of drug-likeness (QED) is 0.342. The van der Waals surface area contributed by atoms with Gasteiger partial charge in [-0.15, -0.1) is 0 Å². The summed E-state index contributed by atoms with van der Waals surface area (Å²) in [5.41, 5.74) is -0.238. The van der Waals surface area contributed by atoms with Crippen molar-refractivity contribution in [1.82, 2.24) is 9.80 Å². The average Bonchev–Trinajstić information content (AvgIpc) is 2.98. The van der Waals surface area contributed by atoms with Crippen molar-refractivity contribution in [2.45, 2.75) is 57.6 Å². The highest BCUT2D eigenvalue weighted by molar-refractivity contribution is 5.91. The van der Waals surface area contributed by atoms with Crippen molar-refractivity contribution in [2.24, 2.45) is 5.92 Å². The second-order valence-electron chi connectivity index (χ2n) is 10.8. The van der Waals surface area contributed by atoms with Crippen molar-refractivity contribution >= 4 is 29.2 Å². The molecule has 3 atom stereocenters. The Morgan fingerprint density at radius 3 is 2.30 bits per heavy atom. The van der Waals surface area contributed by atoms with Crippen molar-refractivity contribution < 1.29 is 50.6 Å². The molecule has 0 fully saturated rings. The minimum absolute atomic E-state index is 0.0153. The third-order valence-corrected chi connectivity index (χ3v) is 7.10. The average molecular weight is 633 g/mol. The van der Waals surface area contributed by atoms with Crippen LogP contribution in [0.4, 0.5) is 42.5 Å². The lowest BCUT2D eigenvalue weighted by Crippen LogP contribution is -2.48. The van der Waals surface area contributed by atoms with E-state index >= 15 is 0 Å². The van der Waals surface area contributed by atoms with E-state index in [1.165, 1.54) is 35.0 Å². The number of halogens is 6. The Morgan fingerprint density at radius 1 is 1.07 bits per heavy atom. The maximum absolute atomic E-state index is 13.3. The first-order valence-electron chi connectivity index (χ1n) is 13.7. The number of hydrogen-bond donors (Lipinski definition) is 3. The molecule has 2 aromatic rings. The zero-order chi connectivity index (χ0) is 32.8. The van der Waals surface area contributed by atoms with Gasteiger partial charge in [0.1, 0.15) is 11.9 Å². The van der Waals surface area contributed by atoms with Crippen molar-refractivity contribution in [2.75, 3.05) is 37.4 Å². The van der Waals surface area contributed by atoms with Crippen molar-refractivity contribution in [3.05, 3.63) is 53.6 Å². The lowest BCUT2D eigenvalue weighted by atomic mass is 10.0. The number of urea groups is 1. The molecule has 1 aliphatic heterocycles. The highest BCUT2D eigenvalue weighted by atomic mass is 19.4. The summed E-state index contributed by atoms with van der Waals surface area (Å²) in [6, 6.07) is 7.06. The molecule has 15 heteroatoms. The fourth-order valence-electron chi connectivity index (χ4n) is 4.52. The summed E-state index contributed by atoms with van der Waals surface area (Å²) in [7, 11) is 1.46. The molecule has 0 radical (unpaired) electrons. The Bertz CT molecular complexity index is 1320. The number of nitrogens with zero attached hydrogens (tertiary/aromatic N) is 2. The van der Waals surface area contributed by atoms with Crippen LogP contribution in [-0.4, -0.2) is 77.8 Å². The molecule has 0 spiro atoms. The number of anilines is 2. The van der Waals surface area contributed by atoms with E-state index in [4.69, 9.17) is 4.74 Å². The van der Waals surface area contributed by atoms with E-state index in [0.29, 0.717) is 5.56 Å². The highest BCUT2D eigenvalue weighted by Gasteiger charge is 2.33. The number of aliphatic hydroxyl groups is 1. The van der Waals surface area contributed by atoms with E-state index in [2.05, 4.69) is 10.6 Å². The molecular weight excluding hydrogens is 598 g/mol. The Kier molecular flexibility index (Phi) is 11.1. The zero-order valence-corrected chi connectivity index (χ0v) is 24.3. The molecule has 2 aromatic carbocycles. The molecule has 242 valence electrons. The number of hydrogen-bond acceptors (Lipinski definition) is 5. The van der Waals surface area contributed by atoms with Gasteiger partial charge in [-0.2, -0.15) is 26.3 Å². The molecular formula is C29H34F6N4O5. The summed E-state index contributed by atoms with van der Waals surface area (Å²) in [5.74, 6) is -1.36. The monoisotopic (exact) mass is 632 g/mol. The number of nitrogens with one attached hydrogen (secondary N) is 2. The normalized spacial score (nSPS) is 18.2. The maximum Gasteiger partial charge on any atom is 0.416 e. The summed E-state index contributed by atoms with van der Waals surface area (Å²) in [6.07, 6.45) is -12.0. The van der Waals surface area contributed by atoms with E-state index in [1.54, 1.807) is 13.8 Å². The number of carbonyl (C=O) groups excluding carboxylic acids is 3. The predicted octanol–water partition coefficient (Wildman–Crippen LogP) is 5.30. The van der Waals surface area contributed by atoms with Gasteiger partial charge in [-0.3, -0.25) is 9.59 Å². The van der Waals surface area contributed by atoms with Crippen LogP contribution in [-0.2, 0) is 22.2 Å². The van der Waals surface area contributed by atoms with Gasteiger partial charge in [0.25, 0.3) is 0 Å². The molecule has 3 N–H and O–H groups in total. The van der Waals surface area contributed by atoms with Crippen molar-refractivity contribution in [3.8, 4) is 5.75 Å². The standard InChI is InChI=1S/C29H34F6N4O5/c1-17-14-39(18(2)16-40)26(42)13-19-12-22(36-25(41)10-11-28(30,31)32)8-9-23(19)44-24(17)15-38(3)27(43)37-21-6-4-20(5-7-21)29(33,34)35/h4-9,12,17-18,24,40H,10-11,13-16H2,1-3H3,(H,36,41)(H,37,43)/t17-,18+,24+/m0/s1. The highest BCUT2D eigenvalue weighted by Crippen LogP contribution is 2.31.